The van der Waals surface area contributed by atoms with Crippen LogP contribution in [-0.4, -0.2) is 38.0 Å². The molecule has 100 valence electrons. The van der Waals surface area contributed by atoms with E-state index in [9.17, 15) is 9.90 Å². The molecule has 0 saturated heterocycles. The number of aromatic nitrogens is 2. The van der Waals surface area contributed by atoms with Gasteiger partial charge in [-0.2, -0.15) is 5.10 Å². The number of rotatable bonds is 0. The Morgan fingerprint density at radius 2 is 2.22 bits per heavy atom. The molecule has 6 heteroatoms. The fourth-order valence-corrected chi connectivity index (χ4v) is 1.97. The molecule has 0 bridgehead atoms. The number of aliphatic hydroxyl groups excluding tert-OH is 1. The van der Waals surface area contributed by atoms with Crippen LogP contribution in [0.4, 0.5) is 4.79 Å². The molecule has 0 aliphatic carbocycles. The van der Waals surface area contributed by atoms with Crippen molar-refractivity contribution in [2.75, 3.05) is 6.54 Å². The second-order valence-electron chi connectivity index (χ2n) is 5.55. The van der Waals surface area contributed by atoms with Crippen LogP contribution in [0, 0.1) is 0 Å². The first-order valence-corrected chi connectivity index (χ1v) is 5.94. The van der Waals surface area contributed by atoms with Gasteiger partial charge in [-0.3, -0.25) is 9.58 Å². The van der Waals surface area contributed by atoms with Crippen LogP contribution < -0.4 is 0 Å². The van der Waals surface area contributed by atoms with Crippen LogP contribution in [0.25, 0.3) is 0 Å². The molecule has 1 unspecified atom stereocenters. The van der Waals surface area contributed by atoms with Crippen molar-refractivity contribution in [3.63, 3.8) is 0 Å². The van der Waals surface area contributed by atoms with Gasteiger partial charge in [-0.25, -0.2) is 4.79 Å². The maximum absolute atomic E-state index is 12.0. The summed E-state index contributed by atoms with van der Waals surface area (Å²) in [5, 5.41) is 14.1. The summed E-state index contributed by atoms with van der Waals surface area (Å²) in [6.45, 7) is 6.12. The highest BCUT2D eigenvalue weighted by molar-refractivity contribution is 5.68. The first kappa shape index (κ1) is 12.9. The van der Waals surface area contributed by atoms with Gasteiger partial charge in [0.05, 0.1) is 25.0 Å². The average molecular weight is 253 g/mol. The Kier molecular flexibility index (Phi) is 3.06. The van der Waals surface area contributed by atoms with Gasteiger partial charge in [-0.1, -0.05) is 0 Å². The summed E-state index contributed by atoms with van der Waals surface area (Å²) in [6, 6.07) is 0. The van der Waals surface area contributed by atoms with Gasteiger partial charge in [0.2, 0.25) is 0 Å². The minimum absolute atomic E-state index is 0.244. The minimum atomic E-state index is -0.699. The standard InChI is InChI=1S/C12H19N3O3/c1-12(2,3)18-11(17)15-6-9-8(10(16)7-15)5-13-14(9)4/h5,10,16H,6-7H2,1-4H3. The number of aliphatic hydroxyl groups is 1. The van der Waals surface area contributed by atoms with Crippen molar-refractivity contribution in [1.82, 2.24) is 14.7 Å². The Morgan fingerprint density at radius 3 is 2.83 bits per heavy atom. The van der Waals surface area contributed by atoms with E-state index < -0.39 is 17.8 Å². The summed E-state index contributed by atoms with van der Waals surface area (Å²) in [6.07, 6.45) is 0.537. The molecule has 2 rings (SSSR count). The van der Waals surface area contributed by atoms with E-state index in [0.717, 1.165) is 11.3 Å². The first-order chi connectivity index (χ1) is 8.28. The smallest absolute Gasteiger partial charge is 0.410 e. The molecule has 0 saturated carbocycles. The third-order valence-electron chi connectivity index (χ3n) is 2.84. The highest BCUT2D eigenvalue weighted by Crippen LogP contribution is 2.26. The lowest BCUT2D eigenvalue weighted by Crippen LogP contribution is -2.41. The van der Waals surface area contributed by atoms with Crippen molar-refractivity contribution in [2.24, 2.45) is 7.05 Å². The molecule has 0 aromatic carbocycles. The number of carbonyl (C=O) groups is 1. The molecule has 18 heavy (non-hydrogen) atoms. The van der Waals surface area contributed by atoms with Crippen LogP contribution in [0.1, 0.15) is 38.1 Å². The molecule has 1 amide bonds. The van der Waals surface area contributed by atoms with Gasteiger partial charge in [0, 0.05) is 12.6 Å². The van der Waals surface area contributed by atoms with Crippen molar-refractivity contribution in [3.8, 4) is 0 Å². The summed E-state index contributed by atoms with van der Waals surface area (Å²) < 4.78 is 6.98. The van der Waals surface area contributed by atoms with Crippen LogP contribution in [-0.2, 0) is 18.3 Å². The lowest BCUT2D eigenvalue weighted by molar-refractivity contribution is 0.00762. The number of ether oxygens (including phenoxy) is 1. The van der Waals surface area contributed by atoms with Gasteiger partial charge in [0.25, 0.3) is 0 Å². The predicted molar refractivity (Wildman–Crippen MR) is 64.8 cm³/mol. The molecule has 1 aliphatic rings. The summed E-state index contributed by atoms with van der Waals surface area (Å²) >= 11 is 0. The van der Waals surface area contributed by atoms with Gasteiger partial charge in [-0.15, -0.1) is 0 Å². The SMILES string of the molecule is Cn1ncc2c1CN(C(=O)OC(C)(C)C)CC2O. The van der Waals surface area contributed by atoms with Crippen molar-refractivity contribution in [2.45, 2.75) is 39.0 Å². The van der Waals surface area contributed by atoms with E-state index in [4.69, 9.17) is 4.74 Å². The molecule has 1 aliphatic heterocycles. The van der Waals surface area contributed by atoms with Gasteiger partial charge in [-0.05, 0) is 20.8 Å². The largest absolute Gasteiger partial charge is 0.444 e. The molecule has 0 spiro atoms. The Morgan fingerprint density at radius 1 is 1.56 bits per heavy atom. The Balaban J connectivity index is 2.15. The highest BCUT2D eigenvalue weighted by Gasteiger charge is 2.31. The number of β-amino-alcohol motifs (C(OH)–C–C–N with tert-alkyl or cyclic N) is 1. The average Bonchev–Trinajstić information content (AvgIpc) is 2.58. The number of hydrogen-bond acceptors (Lipinski definition) is 4. The van der Waals surface area contributed by atoms with Crippen LogP contribution in [0.3, 0.4) is 0 Å². The zero-order valence-electron chi connectivity index (χ0n) is 11.2. The molecule has 1 atom stereocenters. The monoisotopic (exact) mass is 253 g/mol. The first-order valence-electron chi connectivity index (χ1n) is 5.94. The summed E-state index contributed by atoms with van der Waals surface area (Å²) in [5.41, 5.74) is 1.10. The maximum Gasteiger partial charge on any atom is 0.410 e. The van der Waals surface area contributed by atoms with Crippen molar-refractivity contribution in [1.29, 1.82) is 0 Å². The Hall–Kier alpha value is -1.56. The summed E-state index contributed by atoms with van der Waals surface area (Å²) in [7, 11) is 1.80. The minimum Gasteiger partial charge on any atom is -0.444 e. The zero-order valence-corrected chi connectivity index (χ0v) is 11.2. The fraction of sp³-hybridized carbons (Fsp3) is 0.667. The quantitative estimate of drug-likeness (QED) is 0.754. The Bertz CT molecular complexity index is 462. The second-order valence-corrected chi connectivity index (χ2v) is 5.55. The van der Waals surface area contributed by atoms with Gasteiger partial charge in [0.1, 0.15) is 11.7 Å². The summed E-state index contributed by atoms with van der Waals surface area (Å²) in [4.78, 5) is 13.5. The number of nitrogens with zero attached hydrogens (tertiary/aromatic N) is 3. The van der Waals surface area contributed by atoms with Crippen molar-refractivity contribution >= 4 is 6.09 Å². The van der Waals surface area contributed by atoms with E-state index in [1.165, 1.54) is 4.90 Å². The normalized spacial score (nSPS) is 19.6. The van der Waals surface area contributed by atoms with E-state index in [2.05, 4.69) is 5.10 Å². The molecular weight excluding hydrogens is 234 g/mol. The lowest BCUT2D eigenvalue weighted by Gasteiger charge is -2.32. The van der Waals surface area contributed by atoms with Gasteiger partial charge < -0.3 is 9.84 Å². The lowest BCUT2D eigenvalue weighted by atomic mass is 10.1. The number of fused-ring (bicyclic) bond motifs is 1. The molecular formula is C12H19N3O3. The van der Waals surface area contributed by atoms with E-state index in [-0.39, 0.29) is 6.54 Å². The molecule has 0 radical (unpaired) electrons. The zero-order chi connectivity index (χ0) is 13.5. The van der Waals surface area contributed by atoms with E-state index >= 15 is 0 Å². The van der Waals surface area contributed by atoms with Crippen LogP contribution in [0.2, 0.25) is 0 Å². The molecule has 0 fully saturated rings. The summed E-state index contributed by atoms with van der Waals surface area (Å²) in [5.74, 6) is 0. The molecule has 2 heterocycles. The van der Waals surface area contributed by atoms with Crippen molar-refractivity contribution in [3.05, 3.63) is 17.5 Å². The number of hydrogen-bond donors (Lipinski definition) is 1. The maximum atomic E-state index is 12.0. The number of aryl methyl sites for hydroxylation is 1. The molecule has 1 aromatic rings. The van der Waals surface area contributed by atoms with E-state index in [1.807, 2.05) is 20.8 Å². The molecule has 1 aromatic heterocycles. The highest BCUT2D eigenvalue weighted by atomic mass is 16.6. The van der Waals surface area contributed by atoms with E-state index in [0.29, 0.717) is 6.54 Å². The van der Waals surface area contributed by atoms with E-state index in [1.54, 1.807) is 17.9 Å². The van der Waals surface area contributed by atoms with Gasteiger partial charge in [0.15, 0.2) is 0 Å². The van der Waals surface area contributed by atoms with Crippen LogP contribution in [0.5, 0.6) is 0 Å². The van der Waals surface area contributed by atoms with Crippen LogP contribution >= 0.6 is 0 Å². The molecule has 6 nitrogen and oxygen atoms in total. The third-order valence-corrected chi connectivity index (χ3v) is 2.84. The molecule has 1 N–H and O–H groups in total. The topological polar surface area (TPSA) is 67.6 Å². The van der Waals surface area contributed by atoms with Crippen molar-refractivity contribution < 1.29 is 14.6 Å². The third kappa shape index (κ3) is 2.48. The Labute approximate surface area is 106 Å². The second kappa shape index (κ2) is 4.28. The van der Waals surface area contributed by atoms with Gasteiger partial charge >= 0.3 is 6.09 Å². The predicted octanol–water partition coefficient (Wildman–Crippen LogP) is 1.20. The number of amides is 1. The fourth-order valence-electron chi connectivity index (χ4n) is 1.97. The van der Waals surface area contributed by atoms with Crippen LogP contribution in [0.15, 0.2) is 6.20 Å². The number of carbonyl (C=O) groups excluding carboxylic acids is 1.